The Hall–Kier alpha value is -5.15. The van der Waals surface area contributed by atoms with Gasteiger partial charge in [-0.25, -0.2) is 0 Å². The zero-order chi connectivity index (χ0) is 37.6. The summed E-state index contributed by atoms with van der Waals surface area (Å²) in [5, 5.41) is 12.7. The summed E-state index contributed by atoms with van der Waals surface area (Å²) in [6, 6.07) is 31.8. The highest BCUT2D eigenvalue weighted by molar-refractivity contribution is 6.05. The van der Waals surface area contributed by atoms with Crippen LogP contribution in [0.1, 0.15) is 95.0 Å². The number of benzene rings is 4. The number of amides is 3. The monoisotopic (exact) mass is 737 g/mol. The van der Waals surface area contributed by atoms with Gasteiger partial charge in [0.15, 0.2) is 0 Å². The molecule has 9 heteroatoms. The van der Waals surface area contributed by atoms with Gasteiger partial charge < -0.3 is 19.8 Å². The van der Waals surface area contributed by atoms with E-state index >= 15 is 0 Å². The molecule has 0 radical (unpaired) electrons. The number of phenols is 1. The maximum atomic E-state index is 13.2. The van der Waals surface area contributed by atoms with Crippen LogP contribution in [0.2, 0.25) is 0 Å². The van der Waals surface area contributed by atoms with E-state index in [1.807, 2.05) is 24.3 Å². The number of nitrogens with zero attached hydrogens (tertiary/aromatic N) is 4. The second-order valence-electron chi connectivity index (χ2n) is 16.5. The second-order valence-corrected chi connectivity index (χ2v) is 16.5. The number of rotatable bonds is 7. The molecule has 9 rings (SSSR count). The molecule has 4 aromatic rings. The van der Waals surface area contributed by atoms with Gasteiger partial charge in [0, 0.05) is 81.6 Å². The maximum absolute atomic E-state index is 13.2. The summed E-state index contributed by atoms with van der Waals surface area (Å²) < 4.78 is 0. The molecule has 3 amide bonds. The van der Waals surface area contributed by atoms with Crippen LogP contribution in [0.5, 0.6) is 5.75 Å². The van der Waals surface area contributed by atoms with Gasteiger partial charge in [0.05, 0.1) is 0 Å². The minimum atomic E-state index is -0.586. The number of fused-ring (bicyclic) bond motifs is 2. The number of hydrogen-bond acceptors (Lipinski definition) is 7. The number of phenolic OH excluding ortho intramolecular Hbond substituents is 1. The molecule has 9 nitrogen and oxygen atoms in total. The van der Waals surface area contributed by atoms with Crippen LogP contribution in [0, 0.1) is 5.92 Å². The number of nitrogens with one attached hydrogen (secondary N) is 1. The Balaban J connectivity index is 0.786. The van der Waals surface area contributed by atoms with Crippen molar-refractivity contribution in [2.45, 2.75) is 69.4 Å². The molecule has 0 aromatic heterocycles. The first-order valence-electron chi connectivity index (χ1n) is 20.3. The Kier molecular flexibility index (Phi) is 9.58. The van der Waals surface area contributed by atoms with Crippen LogP contribution in [-0.4, -0.2) is 84.5 Å². The first-order valence-corrected chi connectivity index (χ1v) is 20.3. The third-order valence-corrected chi connectivity index (χ3v) is 13.2. The van der Waals surface area contributed by atoms with Crippen LogP contribution in [0.3, 0.4) is 0 Å². The Morgan fingerprint density at radius 3 is 2.20 bits per heavy atom. The van der Waals surface area contributed by atoms with Crippen molar-refractivity contribution in [3.05, 3.63) is 124 Å². The van der Waals surface area contributed by atoms with Crippen molar-refractivity contribution in [2.75, 3.05) is 55.6 Å². The van der Waals surface area contributed by atoms with Gasteiger partial charge in [-0.3, -0.25) is 24.6 Å². The molecule has 284 valence electrons. The number of carbonyl (C=O) groups is 3. The van der Waals surface area contributed by atoms with Gasteiger partial charge >= 0.3 is 0 Å². The van der Waals surface area contributed by atoms with E-state index in [2.05, 4.69) is 93.7 Å². The van der Waals surface area contributed by atoms with E-state index in [0.29, 0.717) is 42.0 Å². The normalized spacial score (nSPS) is 24.8. The zero-order valence-electron chi connectivity index (χ0n) is 31.7. The molecule has 2 N–H and O–H groups in total. The Morgan fingerprint density at radius 1 is 0.727 bits per heavy atom. The topological polar surface area (TPSA) is 96.4 Å². The molecule has 3 fully saturated rings. The van der Waals surface area contributed by atoms with Crippen molar-refractivity contribution < 1.29 is 19.5 Å². The summed E-state index contributed by atoms with van der Waals surface area (Å²) in [6.07, 6.45) is 4.08. The lowest BCUT2D eigenvalue weighted by molar-refractivity contribution is -0.136. The molecule has 4 aromatic carbocycles. The van der Waals surface area contributed by atoms with Crippen LogP contribution in [0.15, 0.2) is 91.0 Å². The average molecular weight is 738 g/mol. The van der Waals surface area contributed by atoms with Crippen molar-refractivity contribution >= 4 is 29.1 Å². The van der Waals surface area contributed by atoms with Gasteiger partial charge in [0.25, 0.3) is 5.91 Å². The van der Waals surface area contributed by atoms with E-state index in [0.717, 1.165) is 63.5 Å². The predicted molar refractivity (Wildman–Crippen MR) is 215 cm³/mol. The molecule has 5 aliphatic rings. The fraction of sp³-hybridized carbons (Fsp3) is 0.413. The van der Waals surface area contributed by atoms with Crippen LogP contribution >= 0.6 is 0 Å². The van der Waals surface area contributed by atoms with Gasteiger partial charge in [-0.2, -0.15) is 0 Å². The van der Waals surface area contributed by atoms with Gasteiger partial charge in [-0.1, -0.05) is 55.5 Å². The standard InChI is InChI=1S/C46H51N5O4/c1-30-25-41(32-5-3-2-4-6-32)44(39-14-12-37(52)27-40(30)39)33-7-9-35(10-8-33)49-19-17-31(18-20-49)28-48-21-23-50(24-22-48)36-11-13-38-34(26-36)29-51(46(38)55)42-15-16-43(53)47-45(42)54/h2-14,26-27,30-31,41-42,44,52H,15-25,28-29H2,1H3,(H,47,53,54)/t30-,41-,42-,44-/m0/s1. The molecule has 4 atom stereocenters. The highest BCUT2D eigenvalue weighted by atomic mass is 16.3. The van der Waals surface area contributed by atoms with Gasteiger partial charge in [0.1, 0.15) is 11.8 Å². The van der Waals surface area contributed by atoms with Crippen LogP contribution in [0.4, 0.5) is 11.4 Å². The molecule has 3 saturated heterocycles. The minimum absolute atomic E-state index is 0.122. The van der Waals surface area contributed by atoms with Crippen LogP contribution in [-0.2, 0) is 16.1 Å². The van der Waals surface area contributed by atoms with E-state index in [1.165, 1.54) is 40.8 Å². The summed E-state index contributed by atoms with van der Waals surface area (Å²) in [5.41, 5.74) is 9.39. The summed E-state index contributed by atoms with van der Waals surface area (Å²) >= 11 is 0. The number of anilines is 2. The number of aromatic hydroxyl groups is 1. The number of imide groups is 1. The highest BCUT2D eigenvalue weighted by Crippen LogP contribution is 2.51. The molecular weight excluding hydrogens is 687 g/mol. The SMILES string of the molecule is C[C@H]1C[C@@H](c2ccccc2)[C@@H](c2ccc(N3CCC(CN4CCN(c5ccc6c(c5)CN([C@H]5CCC(=O)NC5=O)C6=O)CC4)CC3)cc2)c2ccc(O)cc21. The second kappa shape index (κ2) is 14.8. The zero-order valence-corrected chi connectivity index (χ0v) is 31.7. The van der Waals surface area contributed by atoms with Gasteiger partial charge in [-0.05, 0) is 114 Å². The highest BCUT2D eigenvalue weighted by Gasteiger charge is 2.40. The molecule has 1 aliphatic carbocycles. The third-order valence-electron chi connectivity index (χ3n) is 13.2. The van der Waals surface area contributed by atoms with Crippen molar-refractivity contribution in [1.82, 2.24) is 15.1 Å². The first-order chi connectivity index (χ1) is 26.8. The fourth-order valence-electron chi connectivity index (χ4n) is 10.2. The van der Waals surface area contributed by atoms with E-state index in [4.69, 9.17) is 0 Å². The van der Waals surface area contributed by atoms with Crippen molar-refractivity contribution in [3.8, 4) is 5.75 Å². The lowest BCUT2D eigenvalue weighted by atomic mass is 9.66. The largest absolute Gasteiger partial charge is 0.508 e. The number of hydrogen-bond donors (Lipinski definition) is 2. The van der Waals surface area contributed by atoms with E-state index < -0.39 is 6.04 Å². The van der Waals surface area contributed by atoms with Crippen molar-refractivity contribution in [2.24, 2.45) is 5.92 Å². The average Bonchev–Trinajstić information content (AvgIpc) is 3.53. The molecule has 4 heterocycles. The number of carbonyl (C=O) groups excluding carboxylic acids is 3. The van der Waals surface area contributed by atoms with Gasteiger partial charge in [-0.15, -0.1) is 0 Å². The van der Waals surface area contributed by atoms with Crippen LogP contribution < -0.4 is 15.1 Å². The number of piperidine rings is 2. The molecule has 0 bridgehead atoms. The number of piperazine rings is 1. The Labute approximate surface area is 323 Å². The van der Waals surface area contributed by atoms with E-state index in [-0.39, 0.29) is 30.1 Å². The first kappa shape index (κ1) is 35.5. The summed E-state index contributed by atoms with van der Waals surface area (Å²) in [4.78, 5) is 46.5. The summed E-state index contributed by atoms with van der Waals surface area (Å²) in [7, 11) is 0. The lowest BCUT2D eigenvalue weighted by Gasteiger charge is -2.40. The predicted octanol–water partition coefficient (Wildman–Crippen LogP) is 6.61. The van der Waals surface area contributed by atoms with Gasteiger partial charge in [0.2, 0.25) is 11.8 Å². The smallest absolute Gasteiger partial charge is 0.255 e. The lowest BCUT2D eigenvalue weighted by Crippen LogP contribution is -2.52. The molecule has 0 saturated carbocycles. The Bertz CT molecular complexity index is 2070. The third kappa shape index (κ3) is 6.99. The molecular formula is C46H51N5O4. The minimum Gasteiger partial charge on any atom is -0.508 e. The van der Waals surface area contributed by atoms with E-state index in [9.17, 15) is 19.5 Å². The quantitative estimate of drug-likeness (QED) is 0.206. The fourth-order valence-corrected chi connectivity index (χ4v) is 10.2. The van der Waals surface area contributed by atoms with Crippen LogP contribution in [0.25, 0.3) is 0 Å². The van der Waals surface area contributed by atoms with Crippen molar-refractivity contribution in [1.29, 1.82) is 0 Å². The molecule has 0 spiro atoms. The Morgan fingerprint density at radius 2 is 1.45 bits per heavy atom. The summed E-state index contributed by atoms with van der Waals surface area (Å²) in [5.74, 6) is 1.29. The van der Waals surface area contributed by atoms with Crippen molar-refractivity contribution in [3.63, 3.8) is 0 Å². The molecule has 0 unspecified atom stereocenters. The van der Waals surface area contributed by atoms with E-state index in [1.54, 1.807) is 4.90 Å². The summed E-state index contributed by atoms with van der Waals surface area (Å²) in [6.45, 7) is 9.92. The maximum Gasteiger partial charge on any atom is 0.255 e. The molecule has 55 heavy (non-hydrogen) atoms. The molecule has 4 aliphatic heterocycles.